The summed E-state index contributed by atoms with van der Waals surface area (Å²) in [5, 5.41) is 4.94. The van der Waals surface area contributed by atoms with Crippen molar-refractivity contribution in [2.24, 2.45) is 5.10 Å². The van der Waals surface area contributed by atoms with Crippen molar-refractivity contribution in [1.29, 1.82) is 0 Å². The normalized spacial score (nSPS) is 11.2. The number of carbonyl (C=O) groups is 1. The Morgan fingerprint density at radius 1 is 1.06 bits per heavy atom. The second kappa shape index (κ2) is 10.9. The van der Waals surface area contributed by atoms with E-state index in [-0.39, 0.29) is 17.2 Å². The molecule has 4 aromatic rings. The lowest BCUT2D eigenvalue weighted by atomic mass is 10.2. The van der Waals surface area contributed by atoms with Crippen molar-refractivity contribution in [3.8, 4) is 17.2 Å². The maximum Gasteiger partial charge on any atom is 0.343 e. The Labute approximate surface area is 208 Å². The summed E-state index contributed by atoms with van der Waals surface area (Å²) in [6, 6.07) is 18.9. The van der Waals surface area contributed by atoms with Crippen molar-refractivity contribution in [2.75, 3.05) is 13.7 Å². The van der Waals surface area contributed by atoms with Crippen LogP contribution in [0.1, 0.15) is 48.4 Å². The zero-order valence-corrected chi connectivity index (χ0v) is 20.6. The highest BCUT2D eigenvalue weighted by Gasteiger charge is 2.15. The molecule has 0 fully saturated rings. The molecular weight excluding hydrogens is 458 g/mol. The van der Waals surface area contributed by atoms with Crippen molar-refractivity contribution < 1.29 is 19.0 Å². The van der Waals surface area contributed by atoms with Gasteiger partial charge in [-0.1, -0.05) is 26.0 Å². The zero-order chi connectivity index (χ0) is 25.7. The van der Waals surface area contributed by atoms with Gasteiger partial charge in [0.15, 0.2) is 11.5 Å². The Morgan fingerprint density at radius 3 is 2.50 bits per heavy atom. The summed E-state index contributed by atoms with van der Waals surface area (Å²) < 4.78 is 17.7. The number of para-hydroxylation sites is 1. The van der Waals surface area contributed by atoms with Gasteiger partial charge in [-0.2, -0.15) is 9.78 Å². The molecular formula is C28H27N3O5. The summed E-state index contributed by atoms with van der Waals surface area (Å²) in [7, 11) is 1.56. The van der Waals surface area contributed by atoms with Gasteiger partial charge in [-0.15, -0.1) is 0 Å². The average molecular weight is 486 g/mol. The number of rotatable bonds is 8. The van der Waals surface area contributed by atoms with Gasteiger partial charge in [0.25, 0.3) is 5.56 Å². The number of benzene rings is 3. The van der Waals surface area contributed by atoms with Crippen LogP contribution in [0.4, 0.5) is 0 Å². The Balaban J connectivity index is 1.64. The Hall–Kier alpha value is -4.46. The predicted molar refractivity (Wildman–Crippen MR) is 139 cm³/mol. The molecule has 184 valence electrons. The van der Waals surface area contributed by atoms with Crippen molar-refractivity contribution in [1.82, 2.24) is 9.66 Å². The van der Waals surface area contributed by atoms with Crippen LogP contribution in [0.25, 0.3) is 10.9 Å². The van der Waals surface area contributed by atoms with E-state index < -0.39 is 5.97 Å². The molecule has 36 heavy (non-hydrogen) atoms. The molecule has 0 aliphatic carbocycles. The number of nitrogens with zero attached hydrogens (tertiary/aromatic N) is 3. The molecule has 0 bridgehead atoms. The van der Waals surface area contributed by atoms with Gasteiger partial charge in [0.2, 0.25) is 0 Å². The maximum absolute atomic E-state index is 13.1. The molecule has 0 aliphatic heterocycles. The number of methoxy groups -OCH3 is 1. The molecule has 0 atom stereocenters. The molecule has 0 aliphatic rings. The van der Waals surface area contributed by atoms with Crippen molar-refractivity contribution in [2.45, 2.75) is 26.7 Å². The third kappa shape index (κ3) is 5.27. The van der Waals surface area contributed by atoms with Crippen molar-refractivity contribution >= 4 is 23.1 Å². The zero-order valence-electron chi connectivity index (χ0n) is 20.6. The molecule has 4 rings (SSSR count). The van der Waals surface area contributed by atoms with E-state index in [4.69, 9.17) is 14.2 Å². The van der Waals surface area contributed by atoms with Gasteiger partial charge >= 0.3 is 5.97 Å². The molecule has 0 saturated heterocycles. The molecule has 1 aromatic heterocycles. The monoisotopic (exact) mass is 485 g/mol. The van der Waals surface area contributed by atoms with E-state index >= 15 is 0 Å². The Bertz CT molecular complexity index is 1470. The van der Waals surface area contributed by atoms with Crippen LogP contribution in [0.2, 0.25) is 0 Å². The second-order valence-electron chi connectivity index (χ2n) is 8.26. The van der Waals surface area contributed by atoms with Crippen LogP contribution in [0.5, 0.6) is 17.2 Å². The molecule has 0 unspecified atom stereocenters. The van der Waals surface area contributed by atoms with Crippen LogP contribution in [0.3, 0.4) is 0 Å². The predicted octanol–water partition coefficient (Wildman–Crippen LogP) is 5.03. The van der Waals surface area contributed by atoms with Gasteiger partial charge in [0.05, 0.1) is 36.4 Å². The first-order valence-electron chi connectivity index (χ1n) is 11.6. The summed E-state index contributed by atoms with van der Waals surface area (Å²) in [4.78, 5) is 30.4. The number of hydrogen-bond donors (Lipinski definition) is 0. The molecule has 8 heteroatoms. The van der Waals surface area contributed by atoms with E-state index in [1.165, 1.54) is 4.68 Å². The number of aromatic nitrogens is 2. The molecule has 8 nitrogen and oxygen atoms in total. The van der Waals surface area contributed by atoms with Crippen LogP contribution in [-0.2, 0) is 0 Å². The largest absolute Gasteiger partial charge is 0.497 e. The van der Waals surface area contributed by atoms with Crippen LogP contribution in [-0.4, -0.2) is 35.6 Å². The number of esters is 1. The van der Waals surface area contributed by atoms with E-state index in [1.807, 2.05) is 32.9 Å². The van der Waals surface area contributed by atoms with Crippen LogP contribution in [0, 0.1) is 0 Å². The minimum atomic E-state index is -0.518. The van der Waals surface area contributed by atoms with E-state index in [0.29, 0.717) is 46.0 Å². The van der Waals surface area contributed by atoms with Gasteiger partial charge in [-0.25, -0.2) is 9.78 Å². The lowest BCUT2D eigenvalue weighted by molar-refractivity contribution is 0.0728. The van der Waals surface area contributed by atoms with Gasteiger partial charge in [0, 0.05) is 5.92 Å². The second-order valence-corrected chi connectivity index (χ2v) is 8.26. The molecule has 3 aromatic carbocycles. The highest BCUT2D eigenvalue weighted by Crippen LogP contribution is 2.29. The fourth-order valence-corrected chi connectivity index (χ4v) is 3.59. The highest BCUT2D eigenvalue weighted by molar-refractivity contribution is 5.91. The van der Waals surface area contributed by atoms with Crippen LogP contribution in [0.15, 0.2) is 76.6 Å². The Kier molecular flexibility index (Phi) is 7.44. The van der Waals surface area contributed by atoms with Crippen LogP contribution >= 0.6 is 0 Å². The Morgan fingerprint density at radius 2 is 1.81 bits per heavy atom. The molecule has 0 N–H and O–H groups in total. The van der Waals surface area contributed by atoms with Gasteiger partial charge in [-0.3, -0.25) is 4.79 Å². The molecule has 0 amide bonds. The number of fused-ring (bicyclic) bond motifs is 1. The minimum Gasteiger partial charge on any atom is -0.497 e. The lowest BCUT2D eigenvalue weighted by Gasteiger charge is -2.13. The molecule has 1 heterocycles. The number of ether oxygens (including phenoxy) is 3. The van der Waals surface area contributed by atoms with E-state index in [1.54, 1.807) is 67.9 Å². The van der Waals surface area contributed by atoms with Gasteiger partial charge in [0.1, 0.15) is 11.6 Å². The summed E-state index contributed by atoms with van der Waals surface area (Å²) >= 11 is 0. The lowest BCUT2D eigenvalue weighted by Crippen LogP contribution is -2.23. The summed E-state index contributed by atoms with van der Waals surface area (Å²) in [6.07, 6.45) is 1.56. The summed E-state index contributed by atoms with van der Waals surface area (Å²) in [6.45, 7) is 6.13. The molecule has 0 saturated carbocycles. The summed E-state index contributed by atoms with van der Waals surface area (Å²) in [5.74, 6) is 1.34. The smallest absolute Gasteiger partial charge is 0.343 e. The van der Waals surface area contributed by atoms with Gasteiger partial charge < -0.3 is 14.2 Å². The minimum absolute atomic E-state index is 0.0156. The van der Waals surface area contributed by atoms with E-state index in [9.17, 15) is 9.59 Å². The molecule has 0 spiro atoms. The number of hydrogen-bond acceptors (Lipinski definition) is 7. The summed E-state index contributed by atoms with van der Waals surface area (Å²) in [5.41, 5.74) is 1.45. The van der Waals surface area contributed by atoms with E-state index in [2.05, 4.69) is 10.1 Å². The third-order valence-corrected chi connectivity index (χ3v) is 5.41. The quantitative estimate of drug-likeness (QED) is 0.198. The van der Waals surface area contributed by atoms with Gasteiger partial charge in [-0.05, 0) is 67.1 Å². The maximum atomic E-state index is 13.1. The topological polar surface area (TPSA) is 92.0 Å². The van der Waals surface area contributed by atoms with E-state index in [0.717, 1.165) is 0 Å². The average Bonchev–Trinajstić information content (AvgIpc) is 2.89. The first-order chi connectivity index (χ1) is 17.4. The van der Waals surface area contributed by atoms with Crippen molar-refractivity contribution in [3.63, 3.8) is 0 Å². The fourth-order valence-electron chi connectivity index (χ4n) is 3.59. The molecule has 0 radical (unpaired) electrons. The third-order valence-electron chi connectivity index (χ3n) is 5.41. The number of carbonyl (C=O) groups excluding carboxylic acids is 1. The van der Waals surface area contributed by atoms with Crippen LogP contribution < -0.4 is 19.8 Å². The first kappa shape index (κ1) is 24.7. The van der Waals surface area contributed by atoms with Crippen molar-refractivity contribution in [3.05, 3.63) is 94.0 Å². The highest BCUT2D eigenvalue weighted by atomic mass is 16.6. The standard InChI is InChI=1S/C28H27N3O5/c1-5-35-25-16-19(10-15-24(25)36-28(33)20-11-13-21(34-4)14-12-20)17-29-31-26(18(2)3)30-23-9-7-6-8-22(23)27(31)32/h6-18H,5H2,1-4H3. The first-order valence-corrected chi connectivity index (χ1v) is 11.6. The fraction of sp³-hybridized carbons (Fsp3) is 0.214. The SMILES string of the molecule is CCOc1cc(C=Nn2c(C(C)C)nc3ccccc3c2=O)ccc1OC(=O)c1ccc(OC)cc1.